The van der Waals surface area contributed by atoms with Crippen molar-refractivity contribution in [2.75, 3.05) is 6.61 Å². The van der Waals surface area contributed by atoms with E-state index in [-0.39, 0.29) is 10.8 Å². The van der Waals surface area contributed by atoms with Crippen LogP contribution in [0.5, 0.6) is 5.75 Å². The SMILES string of the molecule is CCOc1c(-c2cn3ccccc3c2C(=O)O)cc(C(C)(C)C)cc1C(C)(C)C. The second kappa shape index (κ2) is 7.25. The zero-order valence-electron chi connectivity index (χ0n) is 18.5. The number of carbonyl (C=O) groups is 1. The second-order valence-corrected chi connectivity index (χ2v) is 9.55. The predicted molar refractivity (Wildman–Crippen MR) is 118 cm³/mol. The van der Waals surface area contributed by atoms with Crippen LogP contribution in [0, 0.1) is 0 Å². The maximum absolute atomic E-state index is 12.2. The van der Waals surface area contributed by atoms with E-state index in [0.717, 1.165) is 22.4 Å². The largest absolute Gasteiger partial charge is 0.493 e. The minimum Gasteiger partial charge on any atom is -0.493 e. The van der Waals surface area contributed by atoms with Gasteiger partial charge in [0.2, 0.25) is 0 Å². The van der Waals surface area contributed by atoms with Crippen LogP contribution in [0.15, 0.2) is 42.7 Å². The fourth-order valence-electron chi connectivity index (χ4n) is 3.67. The van der Waals surface area contributed by atoms with Gasteiger partial charge in [0.15, 0.2) is 0 Å². The van der Waals surface area contributed by atoms with Crippen molar-refractivity contribution in [1.82, 2.24) is 4.40 Å². The van der Waals surface area contributed by atoms with Crippen LogP contribution < -0.4 is 4.74 Å². The Morgan fingerprint density at radius 2 is 1.72 bits per heavy atom. The van der Waals surface area contributed by atoms with E-state index in [9.17, 15) is 9.90 Å². The molecule has 154 valence electrons. The van der Waals surface area contributed by atoms with Gasteiger partial charge in [-0.25, -0.2) is 4.79 Å². The zero-order chi connectivity index (χ0) is 21.6. The standard InChI is InChI=1S/C25H31NO3/c1-8-29-22-17(13-16(24(2,3)4)14-19(22)25(5,6)7)18-15-26-12-10-9-11-20(26)21(18)23(27)28/h9-15H,8H2,1-7H3,(H,27,28). The number of ether oxygens (including phenoxy) is 1. The Bertz CT molecular complexity index is 1060. The van der Waals surface area contributed by atoms with Crippen molar-refractivity contribution in [2.24, 2.45) is 0 Å². The van der Waals surface area contributed by atoms with Gasteiger partial charge in [-0.15, -0.1) is 0 Å². The van der Waals surface area contributed by atoms with E-state index in [1.165, 1.54) is 0 Å². The highest BCUT2D eigenvalue weighted by Crippen LogP contribution is 2.44. The molecule has 0 bridgehead atoms. The lowest BCUT2D eigenvalue weighted by Crippen LogP contribution is -2.18. The third-order valence-electron chi connectivity index (χ3n) is 5.24. The first-order chi connectivity index (χ1) is 13.4. The molecule has 0 radical (unpaired) electrons. The Hall–Kier alpha value is -2.75. The lowest BCUT2D eigenvalue weighted by molar-refractivity contribution is 0.0700. The van der Waals surface area contributed by atoms with Gasteiger partial charge in [-0.3, -0.25) is 0 Å². The number of hydrogen-bond donors (Lipinski definition) is 1. The van der Waals surface area contributed by atoms with Crippen molar-refractivity contribution in [3.05, 3.63) is 59.4 Å². The molecule has 4 heteroatoms. The predicted octanol–water partition coefficient (Wildman–Crippen LogP) is 6.30. The Morgan fingerprint density at radius 1 is 1.03 bits per heavy atom. The summed E-state index contributed by atoms with van der Waals surface area (Å²) in [4.78, 5) is 12.2. The zero-order valence-corrected chi connectivity index (χ0v) is 18.5. The first-order valence-electron chi connectivity index (χ1n) is 10.1. The Balaban J connectivity index is 2.47. The molecule has 0 amide bonds. The summed E-state index contributed by atoms with van der Waals surface area (Å²) < 4.78 is 8.02. The Labute approximate surface area is 173 Å². The van der Waals surface area contributed by atoms with E-state index in [4.69, 9.17) is 4.74 Å². The quantitative estimate of drug-likeness (QED) is 0.566. The number of rotatable bonds is 4. The van der Waals surface area contributed by atoms with Crippen LogP contribution in [0.4, 0.5) is 0 Å². The van der Waals surface area contributed by atoms with Gasteiger partial charge in [0.1, 0.15) is 5.75 Å². The molecule has 2 aromatic heterocycles. The van der Waals surface area contributed by atoms with Crippen LogP contribution in [0.3, 0.4) is 0 Å². The lowest BCUT2D eigenvalue weighted by Gasteiger charge is -2.29. The number of aromatic nitrogens is 1. The normalized spacial score (nSPS) is 12.4. The van der Waals surface area contributed by atoms with Crippen molar-refractivity contribution in [2.45, 2.75) is 59.3 Å². The molecule has 3 aromatic rings. The molecule has 0 aliphatic carbocycles. The molecule has 2 heterocycles. The maximum atomic E-state index is 12.2. The van der Waals surface area contributed by atoms with Crippen LogP contribution in [-0.4, -0.2) is 22.1 Å². The van der Waals surface area contributed by atoms with E-state index in [0.29, 0.717) is 23.3 Å². The summed E-state index contributed by atoms with van der Waals surface area (Å²) >= 11 is 0. The lowest BCUT2D eigenvalue weighted by atomic mass is 9.78. The fraction of sp³-hybridized carbons (Fsp3) is 0.400. The Morgan fingerprint density at radius 3 is 2.28 bits per heavy atom. The molecule has 3 rings (SSSR count). The number of carboxylic acids is 1. The van der Waals surface area contributed by atoms with Crippen LogP contribution in [0.25, 0.3) is 16.6 Å². The van der Waals surface area contributed by atoms with Crippen LogP contribution in [0.1, 0.15) is 70.0 Å². The van der Waals surface area contributed by atoms with Gasteiger partial charge >= 0.3 is 5.97 Å². The van der Waals surface area contributed by atoms with Crippen LogP contribution in [-0.2, 0) is 10.8 Å². The van der Waals surface area contributed by atoms with Gasteiger partial charge < -0.3 is 14.2 Å². The summed E-state index contributed by atoms with van der Waals surface area (Å²) in [6.07, 6.45) is 3.78. The summed E-state index contributed by atoms with van der Waals surface area (Å²) in [5.41, 5.74) is 4.52. The van der Waals surface area contributed by atoms with E-state index < -0.39 is 5.97 Å². The van der Waals surface area contributed by atoms with Crippen molar-refractivity contribution in [3.8, 4) is 16.9 Å². The summed E-state index contributed by atoms with van der Waals surface area (Å²) in [6.45, 7) is 15.5. The summed E-state index contributed by atoms with van der Waals surface area (Å²) in [7, 11) is 0. The average molecular weight is 394 g/mol. The van der Waals surface area contributed by atoms with Crippen LogP contribution in [0.2, 0.25) is 0 Å². The number of pyridine rings is 1. The number of aromatic carboxylic acids is 1. The first-order valence-corrected chi connectivity index (χ1v) is 10.1. The number of hydrogen-bond acceptors (Lipinski definition) is 2. The molecular formula is C25H31NO3. The highest BCUT2D eigenvalue weighted by Gasteiger charge is 2.29. The van der Waals surface area contributed by atoms with Gasteiger partial charge in [0.05, 0.1) is 17.7 Å². The van der Waals surface area contributed by atoms with Crippen LogP contribution >= 0.6 is 0 Å². The fourth-order valence-corrected chi connectivity index (χ4v) is 3.67. The van der Waals surface area contributed by atoms with Gasteiger partial charge in [0, 0.05) is 29.1 Å². The van der Waals surface area contributed by atoms with Gasteiger partial charge in [-0.05, 0) is 41.5 Å². The summed E-state index contributed by atoms with van der Waals surface area (Å²) in [5, 5.41) is 10.0. The molecule has 29 heavy (non-hydrogen) atoms. The van der Waals surface area contributed by atoms with Gasteiger partial charge in [-0.2, -0.15) is 0 Å². The van der Waals surface area contributed by atoms with Crippen molar-refractivity contribution < 1.29 is 14.6 Å². The second-order valence-electron chi connectivity index (χ2n) is 9.55. The Kier molecular flexibility index (Phi) is 5.24. The number of fused-ring (bicyclic) bond motifs is 1. The minimum absolute atomic E-state index is 0.0813. The maximum Gasteiger partial charge on any atom is 0.338 e. The van der Waals surface area contributed by atoms with E-state index >= 15 is 0 Å². The highest BCUT2D eigenvalue weighted by molar-refractivity contribution is 6.04. The third-order valence-corrected chi connectivity index (χ3v) is 5.24. The number of nitrogens with zero attached hydrogens (tertiary/aromatic N) is 1. The van der Waals surface area contributed by atoms with Crippen molar-refractivity contribution >= 4 is 11.5 Å². The van der Waals surface area contributed by atoms with E-state index in [2.05, 4.69) is 53.7 Å². The summed E-state index contributed by atoms with van der Waals surface area (Å²) in [6, 6.07) is 9.91. The number of carboxylic acid groups (broad SMARTS) is 1. The molecule has 1 N–H and O–H groups in total. The minimum atomic E-state index is -0.936. The topological polar surface area (TPSA) is 50.9 Å². The smallest absolute Gasteiger partial charge is 0.338 e. The average Bonchev–Trinajstić information content (AvgIpc) is 2.99. The van der Waals surface area contributed by atoms with Gasteiger partial charge in [0.25, 0.3) is 0 Å². The molecule has 4 nitrogen and oxygen atoms in total. The molecule has 0 saturated carbocycles. The molecule has 1 aromatic carbocycles. The van der Waals surface area contributed by atoms with Gasteiger partial charge in [-0.1, -0.05) is 53.7 Å². The number of benzene rings is 1. The molecule has 0 unspecified atom stereocenters. The van der Waals surface area contributed by atoms with Crippen molar-refractivity contribution in [1.29, 1.82) is 0 Å². The third kappa shape index (κ3) is 3.89. The molecular weight excluding hydrogens is 362 g/mol. The summed E-state index contributed by atoms with van der Waals surface area (Å²) in [5.74, 6) is -0.166. The monoisotopic (exact) mass is 393 g/mol. The molecule has 0 aliphatic heterocycles. The molecule has 0 atom stereocenters. The molecule has 0 fully saturated rings. The molecule has 0 spiro atoms. The van der Waals surface area contributed by atoms with Crippen molar-refractivity contribution in [3.63, 3.8) is 0 Å². The highest BCUT2D eigenvalue weighted by atomic mass is 16.5. The molecule has 0 aliphatic rings. The van der Waals surface area contributed by atoms with E-state index in [1.54, 1.807) is 0 Å². The molecule has 0 saturated heterocycles. The first kappa shape index (κ1) is 21.0. The van der Waals surface area contributed by atoms with E-state index in [1.807, 2.05) is 41.9 Å².